The number of benzene rings is 2. The minimum absolute atomic E-state index is 0.0735. The highest BCUT2D eigenvalue weighted by Crippen LogP contribution is 2.29. The predicted octanol–water partition coefficient (Wildman–Crippen LogP) is 3.77. The molecule has 57 heavy (non-hydrogen) atoms. The van der Waals surface area contributed by atoms with Gasteiger partial charge in [0.1, 0.15) is 6.61 Å². The van der Waals surface area contributed by atoms with Crippen molar-refractivity contribution in [3.63, 3.8) is 0 Å². The number of alkyl carbamates (subject to hydrolysis) is 1. The van der Waals surface area contributed by atoms with Crippen molar-refractivity contribution in [3.8, 4) is 5.75 Å². The molecule has 0 bridgehead atoms. The van der Waals surface area contributed by atoms with Crippen molar-refractivity contribution in [1.29, 1.82) is 0 Å². The summed E-state index contributed by atoms with van der Waals surface area (Å²) in [6.45, 7) is 7.23. The Kier molecular flexibility index (Phi) is 29.1. The molecule has 15 nitrogen and oxygen atoms in total. The molecule has 0 aliphatic rings. The topological polar surface area (TPSA) is 157 Å². The van der Waals surface area contributed by atoms with Crippen molar-refractivity contribution in [1.82, 2.24) is 5.32 Å². The van der Waals surface area contributed by atoms with Crippen LogP contribution in [0.1, 0.15) is 12.0 Å². The molecule has 2 aromatic carbocycles. The lowest BCUT2D eigenvalue weighted by Crippen LogP contribution is -2.28. The Hall–Kier alpha value is -3.57. The van der Waals surface area contributed by atoms with Gasteiger partial charge in [-0.2, -0.15) is 8.78 Å². The van der Waals surface area contributed by atoms with Gasteiger partial charge in [0.05, 0.1) is 139 Å². The van der Waals surface area contributed by atoms with Crippen molar-refractivity contribution in [2.24, 2.45) is 0 Å². The zero-order valence-corrected chi connectivity index (χ0v) is 31.8. The number of nitrogens with one attached hydrogen (secondary N) is 1. The molecule has 0 radical (unpaired) electrons. The van der Waals surface area contributed by atoms with Crippen molar-refractivity contribution >= 4 is 12.1 Å². The van der Waals surface area contributed by atoms with Gasteiger partial charge in [-0.1, -0.05) is 30.3 Å². The number of hydrogen-bond donors (Lipinski definition) is 1. The lowest BCUT2D eigenvalue weighted by molar-refractivity contribution is -0.136. The molecule has 0 spiro atoms. The van der Waals surface area contributed by atoms with Gasteiger partial charge in [-0.15, -0.1) is 0 Å². The van der Waals surface area contributed by atoms with Crippen LogP contribution in [0.2, 0.25) is 0 Å². The van der Waals surface area contributed by atoms with Crippen LogP contribution in [0.4, 0.5) is 26.7 Å². The fraction of sp³-hybridized carbons (Fsp3) is 0.622. The van der Waals surface area contributed by atoms with Crippen LogP contribution in [0.5, 0.6) is 5.75 Å². The van der Waals surface area contributed by atoms with Crippen molar-refractivity contribution in [3.05, 3.63) is 65.0 Å². The van der Waals surface area contributed by atoms with Gasteiger partial charge in [0.2, 0.25) is 34.8 Å². The normalized spacial score (nSPS) is 11.2. The summed E-state index contributed by atoms with van der Waals surface area (Å²) in [5, 5.41) is 2.62. The molecule has 0 aliphatic heterocycles. The number of hydrogen-bond acceptors (Lipinski definition) is 14. The molecule has 1 N–H and O–H groups in total. The summed E-state index contributed by atoms with van der Waals surface area (Å²) >= 11 is 0. The third-order valence-corrected chi connectivity index (χ3v) is 6.91. The van der Waals surface area contributed by atoms with E-state index in [4.69, 9.17) is 52.1 Å². The maximum absolute atomic E-state index is 13.6. The second-order valence-electron chi connectivity index (χ2n) is 11.2. The van der Waals surface area contributed by atoms with Crippen LogP contribution in [-0.2, 0) is 63.5 Å². The first-order chi connectivity index (χ1) is 27.8. The van der Waals surface area contributed by atoms with Gasteiger partial charge in [-0.25, -0.2) is 18.0 Å². The smallest absolute Gasteiger partial charge is 0.407 e. The zero-order chi connectivity index (χ0) is 41.2. The number of ether oxygens (including phenoxy) is 12. The first kappa shape index (κ1) is 49.6. The first-order valence-corrected chi connectivity index (χ1v) is 18.2. The lowest BCUT2D eigenvalue weighted by atomic mass is 10.2. The van der Waals surface area contributed by atoms with Gasteiger partial charge in [-0.05, 0) is 5.56 Å². The van der Waals surface area contributed by atoms with E-state index in [1.54, 1.807) is 0 Å². The average Bonchev–Trinajstić information content (AvgIpc) is 3.22. The average molecular weight is 830 g/mol. The number of amides is 1. The number of rotatable bonds is 36. The van der Waals surface area contributed by atoms with Crippen LogP contribution in [-0.4, -0.2) is 151 Å². The first-order valence-electron chi connectivity index (χ1n) is 18.2. The highest BCUT2D eigenvalue weighted by Gasteiger charge is 2.28. The summed E-state index contributed by atoms with van der Waals surface area (Å²) in [6.07, 6.45) is -0.985. The van der Waals surface area contributed by atoms with Crippen LogP contribution < -0.4 is 10.1 Å². The second kappa shape index (κ2) is 33.4. The Balaban J connectivity index is 1.20. The van der Waals surface area contributed by atoms with E-state index in [1.165, 1.54) is 0 Å². The third kappa shape index (κ3) is 24.7. The van der Waals surface area contributed by atoms with Crippen LogP contribution in [0.3, 0.4) is 0 Å². The summed E-state index contributed by atoms with van der Waals surface area (Å²) in [6, 6.07) is 9.42. The van der Waals surface area contributed by atoms with E-state index in [-0.39, 0.29) is 33.0 Å². The van der Waals surface area contributed by atoms with Gasteiger partial charge < -0.3 is 62.2 Å². The molecule has 0 aliphatic carbocycles. The van der Waals surface area contributed by atoms with E-state index < -0.39 is 53.3 Å². The molecule has 0 saturated carbocycles. The number of carbonyl (C=O) groups is 2. The fourth-order valence-corrected chi connectivity index (χ4v) is 4.08. The second-order valence-corrected chi connectivity index (χ2v) is 11.2. The molecule has 2 rings (SSSR count). The highest BCUT2D eigenvalue weighted by molar-refractivity contribution is 5.72. The van der Waals surface area contributed by atoms with Gasteiger partial charge in [0.25, 0.3) is 0 Å². The molecule has 0 fully saturated rings. The van der Waals surface area contributed by atoms with Crippen LogP contribution in [0.15, 0.2) is 30.3 Å². The zero-order valence-electron chi connectivity index (χ0n) is 31.8. The van der Waals surface area contributed by atoms with E-state index in [1.807, 2.05) is 30.3 Å². The maximum atomic E-state index is 13.6. The molecule has 2 aromatic rings. The quantitative estimate of drug-likeness (QED) is 0.0265. The predicted molar refractivity (Wildman–Crippen MR) is 189 cm³/mol. The summed E-state index contributed by atoms with van der Waals surface area (Å²) in [4.78, 5) is 23.3. The van der Waals surface area contributed by atoms with Crippen LogP contribution in [0.25, 0.3) is 0 Å². The molecule has 0 atom stereocenters. The van der Waals surface area contributed by atoms with Crippen molar-refractivity contribution in [2.75, 3.05) is 139 Å². The number of esters is 1. The van der Waals surface area contributed by atoms with E-state index in [0.29, 0.717) is 112 Å². The molecule has 0 aromatic heterocycles. The maximum Gasteiger partial charge on any atom is 0.407 e. The minimum Gasteiger partial charge on any atom is -0.445 e. The van der Waals surface area contributed by atoms with Gasteiger partial charge in [-0.3, -0.25) is 4.79 Å². The minimum atomic E-state index is -2.35. The van der Waals surface area contributed by atoms with E-state index in [2.05, 4.69) is 10.1 Å². The summed E-state index contributed by atoms with van der Waals surface area (Å²) < 4.78 is 130. The fourth-order valence-electron chi connectivity index (χ4n) is 4.08. The Morgan fingerprint density at radius 2 is 0.772 bits per heavy atom. The van der Waals surface area contributed by atoms with Crippen LogP contribution >= 0.6 is 0 Å². The number of carbonyl (C=O) groups excluding carboxylic acids is 2. The molecule has 324 valence electrons. The highest BCUT2D eigenvalue weighted by atomic mass is 19.2. The molecule has 0 saturated heterocycles. The molecule has 0 unspecified atom stereocenters. The van der Waals surface area contributed by atoms with E-state index in [9.17, 15) is 31.5 Å². The lowest BCUT2D eigenvalue weighted by Gasteiger charge is -2.09. The SMILES string of the molecule is O=C(CCOCCOCCOCCOCCOCCOCCOCCOCCOCCOCCNC(=O)OCc1ccccc1)Oc1c(F)c(F)c(F)c(F)c1F. The number of halogens is 5. The molecule has 1 amide bonds. The summed E-state index contributed by atoms with van der Waals surface area (Å²) in [7, 11) is 0. The van der Waals surface area contributed by atoms with Crippen molar-refractivity contribution in [2.45, 2.75) is 13.0 Å². The Morgan fingerprint density at radius 3 is 1.16 bits per heavy atom. The van der Waals surface area contributed by atoms with E-state index >= 15 is 0 Å². The molecular weight excluding hydrogens is 777 g/mol. The Morgan fingerprint density at radius 1 is 0.439 bits per heavy atom. The third-order valence-electron chi connectivity index (χ3n) is 6.91. The van der Waals surface area contributed by atoms with Gasteiger partial charge in [0.15, 0.2) is 0 Å². The summed E-state index contributed by atoms with van der Waals surface area (Å²) in [5.74, 6) is -14.2. The van der Waals surface area contributed by atoms with Crippen LogP contribution in [0, 0.1) is 29.1 Å². The monoisotopic (exact) mass is 829 g/mol. The Bertz CT molecular complexity index is 1320. The largest absolute Gasteiger partial charge is 0.445 e. The summed E-state index contributed by atoms with van der Waals surface area (Å²) in [5.41, 5.74) is 0.918. The van der Waals surface area contributed by atoms with Gasteiger partial charge >= 0.3 is 12.1 Å². The van der Waals surface area contributed by atoms with Crippen molar-refractivity contribution < 1.29 is 88.4 Å². The molecule has 0 heterocycles. The van der Waals surface area contributed by atoms with E-state index in [0.717, 1.165) is 5.56 Å². The molecule has 20 heteroatoms. The standard InChI is InChI=1S/C37H52F5NO14/c38-31-32(39)34(41)36(35(42)33(31)40)57-30(44)6-8-46-10-12-48-14-16-50-18-20-52-22-24-54-26-27-55-25-23-53-21-19-51-17-15-49-13-11-47-9-7-43-37(45)56-28-29-4-2-1-3-5-29/h1-5H,6-28H2,(H,43,45). The Labute approximate surface area is 328 Å². The van der Waals surface area contributed by atoms with Gasteiger partial charge in [0, 0.05) is 6.54 Å². The molecular formula is C37H52F5NO14.